The minimum Gasteiger partial charge on any atom is -0.487 e. The zero-order valence-electron chi connectivity index (χ0n) is 6.37. The molecule has 0 aromatic carbocycles. The second-order valence-corrected chi connectivity index (χ2v) is 2.55. The average molecular weight is 147 g/mol. The molecule has 0 amide bonds. The highest BCUT2D eigenvalue weighted by Crippen LogP contribution is 2.20. The maximum Gasteiger partial charge on any atom is 0.145 e. The quantitative estimate of drug-likeness (QED) is 0.558. The van der Waals surface area contributed by atoms with Gasteiger partial charge in [0.2, 0.25) is 0 Å². The van der Waals surface area contributed by atoms with Crippen LogP contribution in [-0.2, 0) is 0 Å². The number of rotatable bonds is 0. The third-order valence-electron chi connectivity index (χ3n) is 1.64. The number of hydrogen-bond donors (Lipinski definition) is 0. The van der Waals surface area contributed by atoms with E-state index in [1.165, 1.54) is 0 Å². The van der Waals surface area contributed by atoms with Gasteiger partial charge >= 0.3 is 0 Å². The number of aryl methyl sites for hydroxylation is 1. The van der Waals surface area contributed by atoms with Crippen LogP contribution in [0.15, 0.2) is 18.2 Å². The summed E-state index contributed by atoms with van der Waals surface area (Å²) in [4.78, 5) is 4.30. The van der Waals surface area contributed by atoms with E-state index in [9.17, 15) is 0 Å². The van der Waals surface area contributed by atoms with Gasteiger partial charge in [0.15, 0.2) is 0 Å². The molecule has 1 aromatic rings. The van der Waals surface area contributed by atoms with Crippen LogP contribution in [0.5, 0.6) is 5.75 Å². The van der Waals surface area contributed by atoms with Gasteiger partial charge in [0, 0.05) is 5.69 Å². The van der Waals surface area contributed by atoms with Crippen LogP contribution in [0, 0.1) is 6.92 Å². The van der Waals surface area contributed by atoms with E-state index in [2.05, 4.69) is 4.98 Å². The molecular formula is C9H9NO. The molecule has 0 saturated carbocycles. The van der Waals surface area contributed by atoms with Gasteiger partial charge in [-0.15, -0.1) is 0 Å². The Morgan fingerprint density at radius 1 is 1.45 bits per heavy atom. The Hall–Kier alpha value is -1.31. The van der Waals surface area contributed by atoms with Gasteiger partial charge in [-0.25, -0.2) is 4.98 Å². The fourth-order valence-electron chi connectivity index (χ4n) is 1.10. The van der Waals surface area contributed by atoms with Crippen LogP contribution in [0.3, 0.4) is 0 Å². The first-order chi connectivity index (χ1) is 5.36. The summed E-state index contributed by atoms with van der Waals surface area (Å²) >= 11 is 0. The third kappa shape index (κ3) is 1.11. The Morgan fingerprint density at radius 3 is 3.27 bits per heavy atom. The predicted octanol–water partition coefficient (Wildman–Crippen LogP) is 1.80. The Morgan fingerprint density at radius 2 is 2.36 bits per heavy atom. The fraction of sp³-hybridized carbons (Fsp3) is 0.222. The Labute approximate surface area is 65.5 Å². The minimum absolute atomic E-state index is 0.664. The first-order valence-electron chi connectivity index (χ1n) is 3.63. The monoisotopic (exact) mass is 147 g/mol. The van der Waals surface area contributed by atoms with Crippen molar-refractivity contribution in [2.24, 2.45) is 0 Å². The smallest absolute Gasteiger partial charge is 0.145 e. The van der Waals surface area contributed by atoms with E-state index in [-0.39, 0.29) is 0 Å². The van der Waals surface area contributed by atoms with E-state index in [1.807, 2.05) is 31.2 Å². The lowest BCUT2D eigenvalue weighted by molar-refractivity contribution is 0.356. The molecule has 56 valence electrons. The molecule has 0 unspecified atom stereocenters. The number of ether oxygens (including phenoxy) is 1. The molecule has 0 bridgehead atoms. The molecular weight excluding hydrogens is 138 g/mol. The van der Waals surface area contributed by atoms with Gasteiger partial charge in [-0.3, -0.25) is 0 Å². The molecule has 2 nitrogen and oxygen atoms in total. The first-order valence-corrected chi connectivity index (χ1v) is 3.63. The number of fused-ring (bicyclic) bond motifs is 1. The van der Waals surface area contributed by atoms with Crippen LogP contribution < -0.4 is 4.74 Å². The molecule has 2 heterocycles. The van der Waals surface area contributed by atoms with Crippen LogP contribution in [0.4, 0.5) is 0 Å². The van der Waals surface area contributed by atoms with E-state index >= 15 is 0 Å². The van der Waals surface area contributed by atoms with Crippen LogP contribution in [0.25, 0.3) is 6.08 Å². The van der Waals surface area contributed by atoms with Gasteiger partial charge in [0.05, 0.1) is 0 Å². The van der Waals surface area contributed by atoms with Crippen molar-refractivity contribution in [3.8, 4) is 5.75 Å². The Bertz CT molecular complexity index is 304. The Balaban J connectivity index is 2.54. The molecule has 11 heavy (non-hydrogen) atoms. The number of aromatic nitrogens is 1. The lowest BCUT2D eigenvalue weighted by atomic mass is 10.2. The second-order valence-electron chi connectivity index (χ2n) is 2.55. The molecule has 1 aliphatic heterocycles. The van der Waals surface area contributed by atoms with Crippen LogP contribution in [0.2, 0.25) is 0 Å². The van der Waals surface area contributed by atoms with Gasteiger partial charge in [-0.1, -0.05) is 0 Å². The zero-order valence-corrected chi connectivity index (χ0v) is 6.37. The molecule has 1 aromatic heterocycles. The van der Waals surface area contributed by atoms with Crippen molar-refractivity contribution in [2.75, 3.05) is 6.61 Å². The lowest BCUT2D eigenvalue weighted by Crippen LogP contribution is -2.02. The maximum absolute atomic E-state index is 5.33. The van der Waals surface area contributed by atoms with Crippen molar-refractivity contribution in [3.05, 3.63) is 29.6 Å². The summed E-state index contributed by atoms with van der Waals surface area (Å²) in [5.41, 5.74) is 1.97. The third-order valence-corrected chi connectivity index (χ3v) is 1.64. The molecule has 1 aliphatic rings. The predicted molar refractivity (Wildman–Crippen MR) is 43.5 cm³/mol. The van der Waals surface area contributed by atoms with E-state index in [0.29, 0.717) is 6.61 Å². The van der Waals surface area contributed by atoms with E-state index < -0.39 is 0 Å². The van der Waals surface area contributed by atoms with Crippen molar-refractivity contribution in [1.29, 1.82) is 0 Å². The van der Waals surface area contributed by atoms with Crippen LogP contribution >= 0.6 is 0 Å². The van der Waals surface area contributed by atoms with Crippen molar-refractivity contribution < 1.29 is 4.74 Å². The number of nitrogens with zero attached hydrogens (tertiary/aromatic N) is 1. The standard InChI is InChI=1S/C9H9NO/c1-7-4-5-9-8(10-7)3-2-6-11-9/h2-5H,6H2,1H3. The van der Waals surface area contributed by atoms with Crippen molar-refractivity contribution in [1.82, 2.24) is 4.98 Å². The van der Waals surface area contributed by atoms with E-state index in [4.69, 9.17) is 4.74 Å². The molecule has 0 radical (unpaired) electrons. The highest BCUT2D eigenvalue weighted by atomic mass is 16.5. The van der Waals surface area contributed by atoms with E-state index in [1.54, 1.807) is 0 Å². The Kier molecular flexibility index (Phi) is 1.39. The summed E-state index contributed by atoms with van der Waals surface area (Å²) in [5.74, 6) is 0.887. The van der Waals surface area contributed by atoms with E-state index in [0.717, 1.165) is 17.1 Å². The summed E-state index contributed by atoms with van der Waals surface area (Å²) in [5, 5.41) is 0. The average Bonchev–Trinajstić information content (AvgIpc) is 2.04. The summed E-state index contributed by atoms with van der Waals surface area (Å²) in [6.45, 7) is 2.64. The fourth-order valence-corrected chi connectivity index (χ4v) is 1.10. The van der Waals surface area contributed by atoms with Gasteiger partial charge < -0.3 is 4.74 Å². The maximum atomic E-state index is 5.33. The normalized spacial score (nSPS) is 13.9. The molecule has 2 rings (SSSR count). The van der Waals surface area contributed by atoms with Gasteiger partial charge in [0.1, 0.15) is 18.1 Å². The van der Waals surface area contributed by atoms with Gasteiger partial charge in [0.25, 0.3) is 0 Å². The molecule has 0 fully saturated rings. The molecule has 0 spiro atoms. The van der Waals surface area contributed by atoms with Crippen molar-refractivity contribution in [3.63, 3.8) is 0 Å². The molecule has 0 N–H and O–H groups in total. The summed E-state index contributed by atoms with van der Waals surface area (Å²) in [6.07, 6.45) is 3.96. The summed E-state index contributed by atoms with van der Waals surface area (Å²) in [6, 6.07) is 3.92. The largest absolute Gasteiger partial charge is 0.487 e. The highest BCUT2D eigenvalue weighted by molar-refractivity contribution is 5.55. The van der Waals surface area contributed by atoms with Crippen molar-refractivity contribution >= 4 is 6.08 Å². The summed E-state index contributed by atoms with van der Waals surface area (Å²) < 4.78 is 5.33. The molecule has 0 atom stereocenters. The SMILES string of the molecule is Cc1ccc2c(n1)C=CCO2. The second kappa shape index (κ2) is 2.38. The van der Waals surface area contributed by atoms with Crippen LogP contribution in [-0.4, -0.2) is 11.6 Å². The topological polar surface area (TPSA) is 22.1 Å². The van der Waals surface area contributed by atoms with Gasteiger partial charge in [-0.05, 0) is 31.2 Å². The number of pyridine rings is 1. The van der Waals surface area contributed by atoms with Crippen molar-refractivity contribution in [2.45, 2.75) is 6.92 Å². The summed E-state index contributed by atoms with van der Waals surface area (Å²) in [7, 11) is 0. The molecule has 0 aliphatic carbocycles. The number of hydrogen-bond acceptors (Lipinski definition) is 2. The molecule has 0 saturated heterocycles. The van der Waals surface area contributed by atoms with Gasteiger partial charge in [-0.2, -0.15) is 0 Å². The van der Waals surface area contributed by atoms with Crippen LogP contribution in [0.1, 0.15) is 11.4 Å². The highest BCUT2D eigenvalue weighted by Gasteiger charge is 2.04. The minimum atomic E-state index is 0.664. The zero-order chi connectivity index (χ0) is 7.68. The lowest BCUT2D eigenvalue weighted by Gasteiger charge is -2.10. The molecule has 2 heteroatoms. The first kappa shape index (κ1) is 6.40.